The molecule has 3 N–H and O–H groups in total. The van der Waals surface area contributed by atoms with E-state index in [-0.39, 0.29) is 12.2 Å². The van der Waals surface area contributed by atoms with Crippen molar-refractivity contribution >= 4 is 0 Å². The summed E-state index contributed by atoms with van der Waals surface area (Å²) in [6.07, 6.45) is 0.649. The van der Waals surface area contributed by atoms with Gasteiger partial charge in [-0.3, -0.25) is 0 Å². The predicted molar refractivity (Wildman–Crippen MR) is 58.3 cm³/mol. The highest BCUT2D eigenvalue weighted by molar-refractivity contribution is 4.59. The average Bonchev–Trinajstić information content (AvgIpc) is 2.13. The third-order valence-electron chi connectivity index (χ3n) is 2.04. The van der Waals surface area contributed by atoms with E-state index in [1.807, 2.05) is 20.9 Å². The standard InChI is InChI=1S/C10H24N2O2/c1-9(2)14-7-6-12(3)5-4-10(13)8-11/h9-10,13H,4-8,11H2,1-3H3. The first-order chi connectivity index (χ1) is 6.56. The van der Waals surface area contributed by atoms with E-state index in [9.17, 15) is 5.11 Å². The van der Waals surface area contributed by atoms with Crippen LogP contribution >= 0.6 is 0 Å². The van der Waals surface area contributed by atoms with Crippen LogP contribution in [0.5, 0.6) is 0 Å². The van der Waals surface area contributed by atoms with E-state index >= 15 is 0 Å². The van der Waals surface area contributed by atoms with E-state index in [1.54, 1.807) is 0 Å². The van der Waals surface area contributed by atoms with Crippen LogP contribution in [0.25, 0.3) is 0 Å². The molecule has 0 aromatic heterocycles. The van der Waals surface area contributed by atoms with Crippen LogP contribution in [0.15, 0.2) is 0 Å². The van der Waals surface area contributed by atoms with E-state index in [0.717, 1.165) is 26.1 Å². The Balaban J connectivity index is 3.32. The zero-order valence-corrected chi connectivity index (χ0v) is 9.57. The number of ether oxygens (including phenoxy) is 1. The quantitative estimate of drug-likeness (QED) is 0.587. The molecule has 0 aromatic rings. The summed E-state index contributed by atoms with van der Waals surface area (Å²) in [5, 5.41) is 9.24. The Labute approximate surface area is 87.0 Å². The van der Waals surface area contributed by atoms with Crippen LogP contribution in [0.2, 0.25) is 0 Å². The first-order valence-corrected chi connectivity index (χ1v) is 5.24. The summed E-state index contributed by atoms with van der Waals surface area (Å²) in [5.74, 6) is 0. The van der Waals surface area contributed by atoms with E-state index in [2.05, 4.69) is 4.90 Å². The zero-order chi connectivity index (χ0) is 11.0. The van der Waals surface area contributed by atoms with Crippen LogP contribution in [-0.4, -0.2) is 55.5 Å². The lowest BCUT2D eigenvalue weighted by Gasteiger charge is -2.18. The number of hydrogen-bond acceptors (Lipinski definition) is 4. The molecule has 0 aliphatic carbocycles. The second-order valence-electron chi connectivity index (χ2n) is 3.90. The Kier molecular flexibility index (Phi) is 8.08. The van der Waals surface area contributed by atoms with E-state index in [0.29, 0.717) is 6.54 Å². The van der Waals surface area contributed by atoms with Crippen molar-refractivity contribution in [1.29, 1.82) is 0 Å². The second kappa shape index (κ2) is 8.17. The predicted octanol–water partition coefficient (Wildman–Crippen LogP) is 0.0529. The second-order valence-corrected chi connectivity index (χ2v) is 3.90. The number of aliphatic hydroxyl groups excluding tert-OH is 1. The van der Waals surface area contributed by atoms with E-state index < -0.39 is 0 Å². The van der Waals surface area contributed by atoms with Crippen molar-refractivity contribution in [2.24, 2.45) is 5.73 Å². The maximum atomic E-state index is 9.24. The van der Waals surface area contributed by atoms with Gasteiger partial charge in [0.1, 0.15) is 0 Å². The molecule has 0 saturated heterocycles. The minimum atomic E-state index is -0.372. The Morgan fingerprint density at radius 2 is 2.00 bits per heavy atom. The molecule has 1 unspecified atom stereocenters. The van der Waals surface area contributed by atoms with Crippen LogP contribution in [-0.2, 0) is 4.74 Å². The van der Waals surface area contributed by atoms with Crippen molar-refractivity contribution in [2.75, 3.05) is 33.3 Å². The normalized spacial score (nSPS) is 13.9. The number of nitrogens with zero attached hydrogens (tertiary/aromatic N) is 1. The van der Waals surface area contributed by atoms with Gasteiger partial charge in [-0.2, -0.15) is 0 Å². The molecule has 0 aliphatic heterocycles. The fourth-order valence-electron chi connectivity index (χ4n) is 1.04. The highest BCUT2D eigenvalue weighted by atomic mass is 16.5. The smallest absolute Gasteiger partial charge is 0.0674 e. The zero-order valence-electron chi connectivity index (χ0n) is 9.57. The van der Waals surface area contributed by atoms with Crippen molar-refractivity contribution in [3.05, 3.63) is 0 Å². The highest BCUT2D eigenvalue weighted by Gasteiger charge is 2.04. The van der Waals surface area contributed by atoms with Crippen molar-refractivity contribution in [3.63, 3.8) is 0 Å². The summed E-state index contributed by atoms with van der Waals surface area (Å²) in [5.41, 5.74) is 5.30. The lowest BCUT2D eigenvalue weighted by molar-refractivity contribution is 0.0605. The first-order valence-electron chi connectivity index (χ1n) is 5.24. The Bertz CT molecular complexity index is 131. The van der Waals surface area contributed by atoms with Crippen molar-refractivity contribution in [2.45, 2.75) is 32.5 Å². The number of hydrogen-bond donors (Lipinski definition) is 2. The summed E-state index contributed by atoms with van der Waals surface area (Å²) in [7, 11) is 2.02. The van der Waals surface area contributed by atoms with Gasteiger partial charge in [-0.05, 0) is 27.3 Å². The maximum absolute atomic E-state index is 9.24. The molecule has 0 heterocycles. The van der Waals surface area contributed by atoms with Gasteiger partial charge in [0.05, 0.1) is 18.8 Å². The van der Waals surface area contributed by atoms with Gasteiger partial charge in [0.15, 0.2) is 0 Å². The molecule has 1 atom stereocenters. The first kappa shape index (κ1) is 13.8. The molecule has 14 heavy (non-hydrogen) atoms. The lowest BCUT2D eigenvalue weighted by Crippen LogP contribution is -2.30. The number of likely N-dealkylation sites (N-methyl/N-ethyl adjacent to an activating group) is 1. The molecule has 0 aliphatic rings. The summed E-state index contributed by atoms with van der Waals surface area (Å²) < 4.78 is 5.42. The number of nitrogens with two attached hydrogens (primary N) is 1. The molecule has 0 spiro atoms. The monoisotopic (exact) mass is 204 g/mol. The molecule has 0 fully saturated rings. The third kappa shape index (κ3) is 8.44. The Morgan fingerprint density at radius 3 is 2.50 bits per heavy atom. The van der Waals surface area contributed by atoms with Gasteiger partial charge in [-0.1, -0.05) is 0 Å². The molecular formula is C10H24N2O2. The van der Waals surface area contributed by atoms with Crippen molar-refractivity contribution in [3.8, 4) is 0 Å². The molecule has 4 heteroatoms. The average molecular weight is 204 g/mol. The van der Waals surface area contributed by atoms with E-state index in [4.69, 9.17) is 10.5 Å². The van der Waals surface area contributed by atoms with E-state index in [1.165, 1.54) is 0 Å². The fraction of sp³-hybridized carbons (Fsp3) is 1.00. The number of rotatable bonds is 8. The SMILES string of the molecule is CC(C)OCCN(C)CCC(O)CN. The molecule has 0 aromatic carbocycles. The molecule has 86 valence electrons. The fourth-order valence-corrected chi connectivity index (χ4v) is 1.04. The maximum Gasteiger partial charge on any atom is 0.0674 e. The molecule has 0 radical (unpaired) electrons. The summed E-state index contributed by atoms with van der Waals surface area (Å²) >= 11 is 0. The molecule has 4 nitrogen and oxygen atoms in total. The van der Waals surface area contributed by atoms with Crippen molar-refractivity contribution in [1.82, 2.24) is 4.90 Å². The molecule has 0 rings (SSSR count). The molecular weight excluding hydrogens is 180 g/mol. The van der Waals surface area contributed by atoms with Gasteiger partial charge in [0.25, 0.3) is 0 Å². The van der Waals surface area contributed by atoms with Crippen LogP contribution in [0, 0.1) is 0 Å². The van der Waals surface area contributed by atoms with Crippen LogP contribution in [0.4, 0.5) is 0 Å². The van der Waals surface area contributed by atoms with Gasteiger partial charge in [0.2, 0.25) is 0 Å². The van der Waals surface area contributed by atoms with Crippen LogP contribution in [0.3, 0.4) is 0 Å². The summed E-state index contributed by atoms with van der Waals surface area (Å²) in [6, 6.07) is 0. The number of aliphatic hydroxyl groups is 1. The van der Waals surface area contributed by atoms with Crippen LogP contribution in [0.1, 0.15) is 20.3 Å². The van der Waals surface area contributed by atoms with Gasteiger partial charge in [0, 0.05) is 19.6 Å². The Hall–Kier alpha value is -0.160. The summed E-state index contributed by atoms with van der Waals surface area (Å²) in [6.45, 7) is 6.90. The van der Waals surface area contributed by atoms with Crippen molar-refractivity contribution < 1.29 is 9.84 Å². The lowest BCUT2D eigenvalue weighted by atomic mass is 10.2. The largest absolute Gasteiger partial charge is 0.392 e. The van der Waals surface area contributed by atoms with Gasteiger partial charge >= 0.3 is 0 Å². The third-order valence-corrected chi connectivity index (χ3v) is 2.04. The Morgan fingerprint density at radius 1 is 1.36 bits per heavy atom. The van der Waals surface area contributed by atoms with Gasteiger partial charge in [-0.25, -0.2) is 0 Å². The van der Waals surface area contributed by atoms with Gasteiger partial charge < -0.3 is 20.5 Å². The topological polar surface area (TPSA) is 58.7 Å². The molecule has 0 bridgehead atoms. The van der Waals surface area contributed by atoms with Crippen LogP contribution < -0.4 is 5.73 Å². The highest BCUT2D eigenvalue weighted by Crippen LogP contribution is 1.94. The molecule has 0 saturated carbocycles. The molecule has 0 amide bonds. The summed E-state index contributed by atoms with van der Waals surface area (Å²) in [4.78, 5) is 2.14. The van der Waals surface area contributed by atoms with Gasteiger partial charge in [-0.15, -0.1) is 0 Å². The minimum Gasteiger partial charge on any atom is -0.392 e. The minimum absolute atomic E-state index is 0.290.